The normalized spacial score (nSPS) is 29.6. The van der Waals surface area contributed by atoms with Gasteiger partial charge in [-0.25, -0.2) is 0 Å². The topological polar surface area (TPSA) is 32.3 Å². The smallest absolute Gasteiger partial charge is 0.0747 e. The number of hydrogen-bond acceptors (Lipinski definition) is 2. The van der Waals surface area contributed by atoms with Gasteiger partial charge in [0.05, 0.1) is 6.10 Å². The highest BCUT2D eigenvalue weighted by Crippen LogP contribution is 1.94. The third kappa shape index (κ3) is 1.20. The van der Waals surface area contributed by atoms with Gasteiger partial charge < -0.3 is 10.4 Å². The van der Waals surface area contributed by atoms with E-state index in [2.05, 4.69) is 5.32 Å². The third-order valence-electron chi connectivity index (χ3n) is 0.997. The first-order valence-corrected chi connectivity index (χ1v) is 2.46. The van der Waals surface area contributed by atoms with Gasteiger partial charge in [0.1, 0.15) is 0 Å². The van der Waals surface area contributed by atoms with E-state index in [0.717, 1.165) is 6.42 Å². The fourth-order valence-corrected chi connectivity index (χ4v) is 0.596. The molecule has 0 unspecified atom stereocenters. The molecule has 1 rings (SSSR count). The first-order chi connectivity index (χ1) is 3.39. The molecule has 2 nitrogen and oxygen atoms in total. The van der Waals surface area contributed by atoms with Crippen LogP contribution in [0.2, 0.25) is 0 Å². The van der Waals surface area contributed by atoms with Crippen molar-refractivity contribution in [1.82, 2.24) is 5.32 Å². The third-order valence-corrected chi connectivity index (χ3v) is 0.997. The highest BCUT2D eigenvalue weighted by molar-refractivity contribution is 4.88. The SMILES string of the molecule is O[C@@H]1CC=CNC1. The van der Waals surface area contributed by atoms with Crippen LogP contribution in [0.3, 0.4) is 0 Å². The number of rotatable bonds is 0. The fraction of sp³-hybridized carbons (Fsp3) is 0.600. The van der Waals surface area contributed by atoms with Crippen LogP contribution < -0.4 is 5.32 Å². The second kappa shape index (κ2) is 1.98. The molecule has 0 amide bonds. The Balaban J connectivity index is 2.32. The summed E-state index contributed by atoms with van der Waals surface area (Å²) in [5, 5.41) is 11.7. The van der Waals surface area contributed by atoms with Gasteiger partial charge in [0.15, 0.2) is 0 Å². The van der Waals surface area contributed by atoms with Crippen LogP contribution in [0.25, 0.3) is 0 Å². The molecule has 1 aliphatic heterocycles. The van der Waals surface area contributed by atoms with Crippen LogP contribution in [0.1, 0.15) is 6.42 Å². The highest BCUT2D eigenvalue weighted by atomic mass is 16.3. The first-order valence-electron chi connectivity index (χ1n) is 2.46. The highest BCUT2D eigenvalue weighted by Gasteiger charge is 2.01. The molecule has 0 radical (unpaired) electrons. The van der Waals surface area contributed by atoms with Crippen molar-refractivity contribution in [1.29, 1.82) is 0 Å². The maximum Gasteiger partial charge on any atom is 0.0747 e. The van der Waals surface area contributed by atoms with Gasteiger partial charge in [0, 0.05) is 6.54 Å². The summed E-state index contributed by atoms with van der Waals surface area (Å²) in [6.45, 7) is 0.705. The molecule has 0 bridgehead atoms. The predicted molar refractivity (Wildman–Crippen MR) is 27.8 cm³/mol. The molecule has 0 spiro atoms. The molecule has 1 atom stereocenters. The minimum absolute atomic E-state index is 0.162. The van der Waals surface area contributed by atoms with E-state index < -0.39 is 0 Å². The lowest BCUT2D eigenvalue weighted by Crippen LogP contribution is -2.25. The molecule has 0 aromatic heterocycles. The molecule has 2 heteroatoms. The molecule has 40 valence electrons. The predicted octanol–water partition coefficient (Wildman–Crippen LogP) is -0.146. The molecule has 1 aliphatic rings. The number of aliphatic hydroxyl groups excluding tert-OH is 1. The van der Waals surface area contributed by atoms with Gasteiger partial charge in [-0.05, 0) is 12.6 Å². The van der Waals surface area contributed by atoms with E-state index in [4.69, 9.17) is 5.11 Å². The zero-order chi connectivity index (χ0) is 5.11. The maximum absolute atomic E-state index is 8.80. The lowest BCUT2D eigenvalue weighted by atomic mass is 10.2. The Kier molecular flexibility index (Phi) is 1.32. The lowest BCUT2D eigenvalue weighted by Gasteiger charge is -2.11. The van der Waals surface area contributed by atoms with Crippen LogP contribution in [0, 0.1) is 0 Å². The summed E-state index contributed by atoms with van der Waals surface area (Å²) in [6, 6.07) is 0. The molecule has 0 aliphatic carbocycles. The van der Waals surface area contributed by atoms with Crippen LogP contribution in [-0.2, 0) is 0 Å². The molecule has 0 saturated heterocycles. The van der Waals surface area contributed by atoms with Gasteiger partial charge >= 0.3 is 0 Å². The minimum atomic E-state index is -0.162. The van der Waals surface area contributed by atoms with Gasteiger partial charge in [0.2, 0.25) is 0 Å². The number of aliphatic hydroxyl groups is 1. The van der Waals surface area contributed by atoms with E-state index in [1.54, 1.807) is 0 Å². The second-order valence-electron chi connectivity index (χ2n) is 1.70. The van der Waals surface area contributed by atoms with Crippen molar-refractivity contribution in [3.8, 4) is 0 Å². The summed E-state index contributed by atoms with van der Waals surface area (Å²) in [7, 11) is 0. The van der Waals surface area contributed by atoms with Crippen LogP contribution in [0.15, 0.2) is 12.3 Å². The van der Waals surface area contributed by atoms with E-state index in [0.29, 0.717) is 6.54 Å². The zero-order valence-electron chi connectivity index (χ0n) is 4.09. The Hall–Kier alpha value is -0.500. The summed E-state index contributed by atoms with van der Waals surface area (Å²) in [6.07, 6.45) is 4.43. The van der Waals surface area contributed by atoms with Gasteiger partial charge in [-0.3, -0.25) is 0 Å². The molecule has 0 aromatic rings. The second-order valence-corrected chi connectivity index (χ2v) is 1.70. The average molecular weight is 99.1 g/mol. The number of nitrogens with one attached hydrogen (secondary N) is 1. The molecular weight excluding hydrogens is 90.1 g/mol. The zero-order valence-corrected chi connectivity index (χ0v) is 4.09. The summed E-state index contributed by atoms with van der Waals surface area (Å²) in [5.74, 6) is 0. The van der Waals surface area contributed by atoms with E-state index in [1.165, 1.54) is 0 Å². The summed E-state index contributed by atoms with van der Waals surface area (Å²) in [5.41, 5.74) is 0. The van der Waals surface area contributed by atoms with Crippen molar-refractivity contribution in [2.45, 2.75) is 12.5 Å². The quantitative estimate of drug-likeness (QED) is 0.443. The number of hydrogen-bond donors (Lipinski definition) is 2. The van der Waals surface area contributed by atoms with E-state index in [-0.39, 0.29) is 6.10 Å². The largest absolute Gasteiger partial charge is 0.391 e. The summed E-state index contributed by atoms with van der Waals surface area (Å²) >= 11 is 0. The van der Waals surface area contributed by atoms with Gasteiger partial charge in [-0.15, -0.1) is 0 Å². The Morgan fingerprint density at radius 3 is 2.86 bits per heavy atom. The minimum Gasteiger partial charge on any atom is -0.391 e. The average Bonchev–Trinajstić information content (AvgIpc) is 1.69. The molecular formula is C5H9NO. The Morgan fingerprint density at radius 1 is 1.71 bits per heavy atom. The van der Waals surface area contributed by atoms with Crippen molar-refractivity contribution in [2.24, 2.45) is 0 Å². The molecule has 2 N–H and O–H groups in total. The van der Waals surface area contributed by atoms with E-state index in [1.807, 2.05) is 12.3 Å². The van der Waals surface area contributed by atoms with Crippen LogP contribution in [0.5, 0.6) is 0 Å². The van der Waals surface area contributed by atoms with Gasteiger partial charge in [0.25, 0.3) is 0 Å². The Labute approximate surface area is 42.8 Å². The van der Waals surface area contributed by atoms with E-state index >= 15 is 0 Å². The summed E-state index contributed by atoms with van der Waals surface area (Å²) < 4.78 is 0. The van der Waals surface area contributed by atoms with Crippen molar-refractivity contribution in [3.05, 3.63) is 12.3 Å². The lowest BCUT2D eigenvalue weighted by molar-refractivity contribution is 0.174. The monoisotopic (exact) mass is 99.1 g/mol. The fourth-order valence-electron chi connectivity index (χ4n) is 0.596. The summed E-state index contributed by atoms with van der Waals surface area (Å²) in [4.78, 5) is 0. The van der Waals surface area contributed by atoms with Crippen molar-refractivity contribution in [2.75, 3.05) is 6.54 Å². The van der Waals surface area contributed by atoms with Crippen LogP contribution in [0.4, 0.5) is 0 Å². The molecule has 0 aromatic carbocycles. The van der Waals surface area contributed by atoms with Crippen molar-refractivity contribution in [3.63, 3.8) is 0 Å². The number of β-amino-alcohol motifs (C(OH)–C–C–N with tert-alkyl or cyclic N) is 1. The van der Waals surface area contributed by atoms with Crippen LogP contribution >= 0.6 is 0 Å². The standard InChI is InChI=1S/C5H9NO/c7-5-2-1-3-6-4-5/h1,3,5-7H,2,4H2/t5-/m1/s1. The first kappa shape index (κ1) is 4.65. The molecule has 0 saturated carbocycles. The maximum atomic E-state index is 8.80. The van der Waals surface area contributed by atoms with E-state index in [9.17, 15) is 0 Å². The Bertz CT molecular complexity index is 80.1. The van der Waals surface area contributed by atoms with Gasteiger partial charge in [-0.2, -0.15) is 0 Å². The molecule has 1 heterocycles. The molecule has 0 fully saturated rings. The van der Waals surface area contributed by atoms with Crippen LogP contribution in [-0.4, -0.2) is 17.8 Å². The van der Waals surface area contributed by atoms with Crippen molar-refractivity contribution < 1.29 is 5.11 Å². The Morgan fingerprint density at radius 2 is 2.57 bits per heavy atom. The van der Waals surface area contributed by atoms with Crippen molar-refractivity contribution >= 4 is 0 Å². The van der Waals surface area contributed by atoms with Gasteiger partial charge in [-0.1, -0.05) is 6.08 Å². The molecule has 7 heavy (non-hydrogen) atoms.